The second-order valence-corrected chi connectivity index (χ2v) is 4.25. The molecule has 0 aliphatic carbocycles. The summed E-state index contributed by atoms with van der Waals surface area (Å²) in [6.07, 6.45) is 5.31. The molecule has 0 bridgehead atoms. The van der Waals surface area contributed by atoms with Crippen molar-refractivity contribution in [3.8, 4) is 12.3 Å². The van der Waals surface area contributed by atoms with E-state index in [0.717, 1.165) is 17.3 Å². The molecule has 20 heavy (non-hydrogen) atoms. The monoisotopic (exact) mass is 268 g/mol. The molecule has 1 amide bonds. The quantitative estimate of drug-likeness (QED) is 0.837. The van der Waals surface area contributed by atoms with Crippen LogP contribution in [0.25, 0.3) is 0 Å². The van der Waals surface area contributed by atoms with Crippen molar-refractivity contribution in [3.63, 3.8) is 0 Å². The van der Waals surface area contributed by atoms with Gasteiger partial charge in [-0.1, -0.05) is 18.1 Å². The average molecular weight is 268 g/mol. The van der Waals surface area contributed by atoms with Crippen molar-refractivity contribution in [2.45, 2.75) is 6.54 Å². The van der Waals surface area contributed by atoms with Crippen LogP contribution in [-0.4, -0.2) is 5.91 Å². The van der Waals surface area contributed by atoms with Gasteiger partial charge in [0.15, 0.2) is 0 Å². The Bertz CT molecular complexity index is 689. The van der Waals surface area contributed by atoms with Gasteiger partial charge >= 0.3 is 0 Å². The molecule has 100 valence electrons. The highest BCUT2D eigenvalue weighted by molar-refractivity contribution is 5.92. The van der Waals surface area contributed by atoms with Crippen molar-refractivity contribution in [3.05, 3.63) is 65.0 Å². The van der Waals surface area contributed by atoms with Gasteiger partial charge in [-0.25, -0.2) is 4.39 Å². The number of benzene rings is 2. The van der Waals surface area contributed by atoms with Crippen molar-refractivity contribution in [2.24, 2.45) is 5.73 Å². The molecular formula is C16H13FN2O. The summed E-state index contributed by atoms with van der Waals surface area (Å²) < 4.78 is 13.8. The first kappa shape index (κ1) is 13.6. The number of primary amides is 1. The zero-order chi connectivity index (χ0) is 14.5. The van der Waals surface area contributed by atoms with Crippen molar-refractivity contribution in [1.82, 2.24) is 0 Å². The predicted molar refractivity (Wildman–Crippen MR) is 76.6 cm³/mol. The number of anilines is 1. The van der Waals surface area contributed by atoms with E-state index < -0.39 is 11.7 Å². The standard InChI is InChI=1S/C16H13FN2O/c1-2-11-4-3-5-14(8-11)19-10-13-7-6-12(16(18)20)9-15(13)17/h1,3-9,19H,10H2,(H2,18,20). The van der Waals surface area contributed by atoms with Crippen LogP contribution in [0.1, 0.15) is 21.5 Å². The number of carbonyl (C=O) groups is 1. The molecule has 0 aliphatic rings. The van der Waals surface area contributed by atoms with Crippen LogP contribution in [0, 0.1) is 18.2 Å². The zero-order valence-corrected chi connectivity index (χ0v) is 10.7. The number of halogens is 1. The maximum atomic E-state index is 13.8. The number of carbonyl (C=O) groups excluding carboxylic acids is 1. The topological polar surface area (TPSA) is 55.1 Å². The van der Waals surface area contributed by atoms with Crippen LogP contribution >= 0.6 is 0 Å². The minimum absolute atomic E-state index is 0.153. The van der Waals surface area contributed by atoms with Crippen LogP contribution in [0.4, 0.5) is 10.1 Å². The highest BCUT2D eigenvalue weighted by Gasteiger charge is 2.06. The van der Waals surface area contributed by atoms with Crippen LogP contribution in [0.15, 0.2) is 42.5 Å². The predicted octanol–water partition coefficient (Wildman–Crippen LogP) is 2.52. The molecule has 0 heterocycles. The van der Waals surface area contributed by atoms with Gasteiger partial charge in [-0.05, 0) is 30.3 Å². The van der Waals surface area contributed by atoms with Gasteiger partial charge < -0.3 is 11.1 Å². The lowest BCUT2D eigenvalue weighted by Gasteiger charge is -2.08. The second kappa shape index (κ2) is 5.89. The fourth-order valence-corrected chi connectivity index (χ4v) is 1.76. The van der Waals surface area contributed by atoms with E-state index in [0.29, 0.717) is 12.1 Å². The van der Waals surface area contributed by atoms with Gasteiger partial charge in [0, 0.05) is 28.9 Å². The zero-order valence-electron chi connectivity index (χ0n) is 10.7. The first-order valence-electron chi connectivity index (χ1n) is 5.99. The number of nitrogens with one attached hydrogen (secondary N) is 1. The van der Waals surface area contributed by atoms with Gasteiger partial charge in [-0.3, -0.25) is 4.79 Å². The molecule has 0 atom stereocenters. The first-order valence-corrected chi connectivity index (χ1v) is 5.99. The third kappa shape index (κ3) is 3.15. The number of hydrogen-bond donors (Lipinski definition) is 2. The lowest BCUT2D eigenvalue weighted by Crippen LogP contribution is -2.12. The van der Waals surface area contributed by atoms with E-state index in [1.54, 1.807) is 6.07 Å². The largest absolute Gasteiger partial charge is 0.381 e. The highest BCUT2D eigenvalue weighted by Crippen LogP contribution is 2.14. The molecule has 0 fully saturated rings. The van der Waals surface area contributed by atoms with Crippen LogP contribution in [0.2, 0.25) is 0 Å². The molecule has 3 nitrogen and oxygen atoms in total. The second-order valence-electron chi connectivity index (χ2n) is 4.25. The number of amides is 1. The number of rotatable bonds is 4. The molecule has 3 N–H and O–H groups in total. The Hall–Kier alpha value is -2.80. The van der Waals surface area contributed by atoms with Crippen molar-refractivity contribution >= 4 is 11.6 Å². The van der Waals surface area contributed by atoms with E-state index in [9.17, 15) is 9.18 Å². The smallest absolute Gasteiger partial charge is 0.248 e. The maximum absolute atomic E-state index is 13.8. The molecule has 0 aliphatic heterocycles. The maximum Gasteiger partial charge on any atom is 0.248 e. The van der Waals surface area contributed by atoms with Crippen LogP contribution < -0.4 is 11.1 Å². The summed E-state index contributed by atoms with van der Waals surface area (Å²) in [5.74, 6) is 1.41. The summed E-state index contributed by atoms with van der Waals surface area (Å²) in [5.41, 5.74) is 7.24. The van der Waals surface area contributed by atoms with E-state index in [-0.39, 0.29) is 5.56 Å². The summed E-state index contributed by atoms with van der Waals surface area (Å²) in [5, 5.41) is 3.07. The minimum atomic E-state index is -0.648. The summed E-state index contributed by atoms with van der Waals surface area (Å²) in [6, 6.07) is 11.5. The fraction of sp³-hybridized carbons (Fsp3) is 0.0625. The van der Waals surface area contributed by atoms with Gasteiger partial charge in [0.2, 0.25) is 5.91 Å². The van der Waals surface area contributed by atoms with Crippen molar-refractivity contribution in [1.29, 1.82) is 0 Å². The number of hydrogen-bond acceptors (Lipinski definition) is 2. The molecule has 2 aromatic rings. The third-order valence-corrected chi connectivity index (χ3v) is 2.85. The molecule has 0 aromatic heterocycles. The Morgan fingerprint density at radius 1 is 1.30 bits per heavy atom. The van der Waals surface area contributed by atoms with E-state index >= 15 is 0 Å². The first-order chi connectivity index (χ1) is 9.60. The molecule has 2 rings (SSSR count). The Balaban J connectivity index is 2.11. The van der Waals surface area contributed by atoms with Crippen LogP contribution in [0.3, 0.4) is 0 Å². The minimum Gasteiger partial charge on any atom is -0.381 e. The van der Waals surface area contributed by atoms with Gasteiger partial charge in [0.1, 0.15) is 5.82 Å². The molecule has 0 spiro atoms. The van der Waals surface area contributed by atoms with Gasteiger partial charge in [0.25, 0.3) is 0 Å². The lowest BCUT2D eigenvalue weighted by atomic mass is 10.1. The van der Waals surface area contributed by atoms with Gasteiger partial charge in [-0.15, -0.1) is 6.42 Å². The normalized spacial score (nSPS) is 9.80. The molecule has 0 radical (unpaired) electrons. The molecule has 0 saturated heterocycles. The Labute approximate surface area is 116 Å². The summed E-state index contributed by atoms with van der Waals surface area (Å²) in [4.78, 5) is 10.9. The molecule has 0 unspecified atom stereocenters. The van der Waals surface area contributed by atoms with Crippen LogP contribution in [0.5, 0.6) is 0 Å². The highest BCUT2D eigenvalue weighted by atomic mass is 19.1. The molecule has 0 saturated carbocycles. The summed E-state index contributed by atoms with van der Waals surface area (Å²) in [7, 11) is 0. The average Bonchev–Trinajstić information content (AvgIpc) is 2.46. The molecule has 4 heteroatoms. The summed E-state index contributed by atoms with van der Waals surface area (Å²) in [6.45, 7) is 0.291. The Morgan fingerprint density at radius 2 is 2.10 bits per heavy atom. The number of terminal acetylenes is 1. The SMILES string of the molecule is C#Cc1cccc(NCc2ccc(C(N)=O)cc2F)c1. The fourth-order valence-electron chi connectivity index (χ4n) is 1.76. The molecule has 2 aromatic carbocycles. The van der Waals surface area contributed by atoms with E-state index in [2.05, 4.69) is 11.2 Å². The van der Waals surface area contributed by atoms with Gasteiger partial charge in [0.05, 0.1) is 0 Å². The van der Waals surface area contributed by atoms with Crippen molar-refractivity contribution < 1.29 is 9.18 Å². The third-order valence-electron chi connectivity index (χ3n) is 2.85. The molecular weight excluding hydrogens is 255 g/mol. The van der Waals surface area contributed by atoms with E-state index in [1.165, 1.54) is 12.1 Å². The van der Waals surface area contributed by atoms with E-state index in [1.807, 2.05) is 18.2 Å². The number of nitrogens with two attached hydrogens (primary N) is 1. The summed E-state index contributed by atoms with van der Waals surface area (Å²) >= 11 is 0. The Morgan fingerprint density at radius 3 is 2.75 bits per heavy atom. The lowest BCUT2D eigenvalue weighted by molar-refractivity contribution is 0.1000. The Kier molecular flexibility index (Phi) is 4.02. The van der Waals surface area contributed by atoms with E-state index in [4.69, 9.17) is 12.2 Å². The van der Waals surface area contributed by atoms with Crippen molar-refractivity contribution in [2.75, 3.05) is 5.32 Å². The van der Waals surface area contributed by atoms with Gasteiger partial charge in [-0.2, -0.15) is 0 Å². The van der Waals surface area contributed by atoms with Crippen LogP contribution in [-0.2, 0) is 6.54 Å².